The Morgan fingerprint density at radius 1 is 1.00 bits per heavy atom. The number of halogens is 2. The summed E-state index contributed by atoms with van der Waals surface area (Å²) in [6.45, 7) is 2.29. The number of rotatable bonds is 3. The molecule has 0 aliphatic carbocycles. The molecule has 1 rings (SSSR count). The van der Waals surface area contributed by atoms with Crippen LogP contribution in [0.5, 0.6) is 0 Å². The van der Waals surface area contributed by atoms with Crippen LogP contribution in [-0.4, -0.2) is 51.1 Å². The summed E-state index contributed by atoms with van der Waals surface area (Å²) in [5.41, 5.74) is 0. The Morgan fingerprint density at radius 3 is 1.53 bits per heavy atom. The minimum Gasteiger partial charge on any atom is -1.00 e. The van der Waals surface area contributed by atoms with Crippen LogP contribution >= 0.6 is 11.6 Å². The molecule has 5 heteroatoms. The van der Waals surface area contributed by atoms with Crippen LogP contribution in [0.4, 0.5) is 0 Å². The van der Waals surface area contributed by atoms with Crippen LogP contribution in [0.2, 0.25) is 5.02 Å². The van der Waals surface area contributed by atoms with Crippen LogP contribution in [0.25, 0.3) is 0 Å². The zero-order chi connectivity index (χ0) is 11.7. The van der Waals surface area contributed by atoms with E-state index in [1.165, 1.54) is 0 Å². The Hall–Kier alpha value is 0.822. The zero-order valence-electron chi connectivity index (χ0n) is 10.7. The van der Waals surface area contributed by atoms with Crippen LogP contribution in [0.15, 0.2) is 24.3 Å². The molecular formula is C12H20ClIN2Pd. The molecular weight excluding hydrogens is 441 g/mol. The third kappa shape index (κ3) is 19.3. The van der Waals surface area contributed by atoms with E-state index in [0.29, 0.717) is 0 Å². The van der Waals surface area contributed by atoms with Crippen LogP contribution < -0.4 is 24.0 Å². The molecule has 0 atom stereocenters. The molecule has 0 unspecified atom stereocenters. The van der Waals surface area contributed by atoms with E-state index in [1.54, 1.807) is 24.3 Å². The summed E-state index contributed by atoms with van der Waals surface area (Å²) in [6, 6.07) is 10.00. The summed E-state index contributed by atoms with van der Waals surface area (Å²) in [5, 5.41) is 0.763. The van der Waals surface area contributed by atoms with Crippen LogP contribution in [0, 0.1) is 6.07 Å². The van der Waals surface area contributed by atoms with Crippen LogP contribution in [0.1, 0.15) is 0 Å². The van der Waals surface area contributed by atoms with Crippen molar-refractivity contribution in [3.63, 3.8) is 0 Å². The maximum absolute atomic E-state index is 5.52. The van der Waals surface area contributed by atoms with Crippen molar-refractivity contribution in [2.24, 2.45) is 0 Å². The Morgan fingerprint density at radius 2 is 1.35 bits per heavy atom. The van der Waals surface area contributed by atoms with Gasteiger partial charge in [-0.3, -0.25) is 0 Å². The van der Waals surface area contributed by atoms with E-state index in [0.717, 1.165) is 18.1 Å². The summed E-state index contributed by atoms with van der Waals surface area (Å²) in [4.78, 5) is 4.36. The summed E-state index contributed by atoms with van der Waals surface area (Å²) < 4.78 is 0. The Bertz CT molecular complexity index is 238. The molecule has 0 bridgehead atoms. The van der Waals surface area contributed by atoms with Crippen molar-refractivity contribution in [2.45, 2.75) is 0 Å². The molecule has 0 radical (unpaired) electrons. The molecule has 2 nitrogen and oxygen atoms in total. The minimum atomic E-state index is 0. The fraction of sp³-hybridized carbons (Fsp3) is 0.500. The first kappa shape index (κ1) is 23.0. The molecule has 0 aromatic heterocycles. The normalized spacial score (nSPS) is 8.88. The SMILES string of the molecule is CN(C)CCN(C)C.Clc1cc[c-]cc1.[I-].[Pd+2]. The molecule has 0 heterocycles. The summed E-state index contributed by atoms with van der Waals surface area (Å²) in [5.74, 6) is 0. The average Bonchev–Trinajstić information content (AvgIpc) is 2.17. The molecule has 1 aromatic rings. The van der Waals surface area contributed by atoms with E-state index in [9.17, 15) is 0 Å². The zero-order valence-corrected chi connectivity index (χ0v) is 15.2. The molecule has 0 spiro atoms. The van der Waals surface area contributed by atoms with E-state index in [1.807, 2.05) is 0 Å². The van der Waals surface area contributed by atoms with E-state index in [2.05, 4.69) is 44.1 Å². The van der Waals surface area contributed by atoms with Gasteiger partial charge in [-0.15, -0.1) is 11.6 Å². The molecule has 17 heavy (non-hydrogen) atoms. The first-order chi connectivity index (χ1) is 7.02. The molecule has 0 N–H and O–H groups in total. The minimum absolute atomic E-state index is 0. The number of hydrogen-bond acceptors (Lipinski definition) is 2. The molecule has 0 aliphatic heterocycles. The van der Waals surface area contributed by atoms with Gasteiger partial charge in [-0.2, -0.15) is 30.3 Å². The van der Waals surface area contributed by atoms with Gasteiger partial charge in [-0.25, -0.2) is 0 Å². The summed E-state index contributed by atoms with van der Waals surface area (Å²) >= 11 is 5.52. The topological polar surface area (TPSA) is 6.48 Å². The third-order valence-electron chi connectivity index (χ3n) is 1.67. The number of likely N-dealkylation sites (N-methyl/N-ethyl adjacent to an activating group) is 2. The van der Waals surface area contributed by atoms with Crippen molar-refractivity contribution in [1.82, 2.24) is 9.80 Å². The largest absolute Gasteiger partial charge is 2.00 e. The number of nitrogens with zero attached hydrogens (tertiary/aromatic N) is 2. The van der Waals surface area contributed by atoms with Gasteiger partial charge in [0.25, 0.3) is 0 Å². The molecule has 0 fully saturated rings. The van der Waals surface area contributed by atoms with Gasteiger partial charge in [0.05, 0.1) is 0 Å². The Labute approximate surface area is 141 Å². The van der Waals surface area contributed by atoms with Crippen molar-refractivity contribution < 1.29 is 44.4 Å². The first-order valence-corrected chi connectivity index (χ1v) is 5.31. The van der Waals surface area contributed by atoms with E-state index < -0.39 is 0 Å². The molecule has 1 aromatic carbocycles. The maximum Gasteiger partial charge on any atom is 2.00 e. The van der Waals surface area contributed by atoms with Gasteiger partial charge in [-0.05, 0) is 28.2 Å². The van der Waals surface area contributed by atoms with Gasteiger partial charge in [0.2, 0.25) is 0 Å². The van der Waals surface area contributed by atoms with Gasteiger partial charge in [0.1, 0.15) is 0 Å². The van der Waals surface area contributed by atoms with Crippen molar-refractivity contribution in [1.29, 1.82) is 0 Å². The van der Waals surface area contributed by atoms with Crippen molar-refractivity contribution in [2.75, 3.05) is 41.3 Å². The quantitative estimate of drug-likeness (QED) is 0.333. The fourth-order valence-corrected chi connectivity index (χ4v) is 0.893. The van der Waals surface area contributed by atoms with E-state index >= 15 is 0 Å². The number of hydrogen-bond donors (Lipinski definition) is 0. The van der Waals surface area contributed by atoms with Crippen molar-refractivity contribution in [3.05, 3.63) is 35.4 Å². The van der Waals surface area contributed by atoms with Gasteiger partial charge in [0, 0.05) is 13.1 Å². The third-order valence-corrected chi connectivity index (χ3v) is 1.92. The fourth-order valence-electron chi connectivity index (χ4n) is 0.767. The van der Waals surface area contributed by atoms with E-state index in [4.69, 9.17) is 11.6 Å². The Balaban J connectivity index is -0.000000207. The van der Waals surface area contributed by atoms with Gasteiger partial charge in [0.15, 0.2) is 0 Å². The van der Waals surface area contributed by atoms with Crippen molar-refractivity contribution in [3.8, 4) is 0 Å². The standard InChI is InChI=1S/C6H4Cl.C6H16N2.HI.Pd/c7-6-4-2-1-3-5-6;1-7(2)5-6-8(3)4;;/h2-5H;5-6H2,1-4H3;1H;/q-1;;;+2/p-1. The molecule has 0 saturated carbocycles. The predicted octanol–water partition coefficient (Wildman–Crippen LogP) is -0.749. The second kappa shape index (κ2) is 14.9. The molecule has 0 saturated heterocycles. The van der Waals surface area contributed by atoms with Gasteiger partial charge < -0.3 is 33.8 Å². The maximum atomic E-state index is 5.52. The van der Waals surface area contributed by atoms with Crippen LogP contribution in [-0.2, 0) is 20.4 Å². The predicted molar refractivity (Wildman–Crippen MR) is 67.4 cm³/mol. The summed E-state index contributed by atoms with van der Waals surface area (Å²) in [7, 11) is 8.35. The monoisotopic (exact) mass is 460 g/mol. The van der Waals surface area contributed by atoms with Gasteiger partial charge in [-0.1, -0.05) is 5.02 Å². The molecule has 102 valence electrons. The summed E-state index contributed by atoms with van der Waals surface area (Å²) in [6.07, 6.45) is 0. The average molecular weight is 461 g/mol. The number of benzene rings is 1. The Kier molecular flexibility index (Phi) is 20.1. The first-order valence-electron chi connectivity index (χ1n) is 4.93. The van der Waals surface area contributed by atoms with Crippen molar-refractivity contribution >= 4 is 11.6 Å². The second-order valence-corrected chi connectivity index (χ2v) is 4.26. The van der Waals surface area contributed by atoms with E-state index in [-0.39, 0.29) is 44.4 Å². The molecule has 0 amide bonds. The smallest absolute Gasteiger partial charge is 1.00 e. The van der Waals surface area contributed by atoms with Crippen LogP contribution in [0.3, 0.4) is 0 Å². The van der Waals surface area contributed by atoms with Gasteiger partial charge >= 0.3 is 20.4 Å². The second-order valence-electron chi connectivity index (χ2n) is 3.82. The molecule has 0 aliphatic rings.